The van der Waals surface area contributed by atoms with E-state index in [-0.39, 0.29) is 5.54 Å². The molecule has 5 nitrogen and oxygen atoms in total. The van der Waals surface area contributed by atoms with Crippen LogP contribution in [0.4, 0.5) is 5.69 Å². The molecule has 26 heavy (non-hydrogen) atoms. The monoisotopic (exact) mass is 347 g/mol. The van der Waals surface area contributed by atoms with Gasteiger partial charge in [0.1, 0.15) is 0 Å². The van der Waals surface area contributed by atoms with E-state index in [1.54, 1.807) is 0 Å². The first kappa shape index (κ1) is 16.8. The van der Waals surface area contributed by atoms with Gasteiger partial charge in [0.25, 0.3) is 0 Å². The van der Waals surface area contributed by atoms with Crippen LogP contribution in [0.3, 0.4) is 0 Å². The third-order valence-corrected chi connectivity index (χ3v) is 5.28. The summed E-state index contributed by atoms with van der Waals surface area (Å²) in [4.78, 5) is 0. The van der Waals surface area contributed by atoms with Crippen molar-refractivity contribution in [3.8, 4) is 5.69 Å². The standard InChI is InChI=1S/C21H25N5/c1-16-9-11-19(12-10-16)26-20(23-24-25-26)21(13-4-3-5-14-21)22-18-8-6-7-17(2)15-18/h6-12,15,22H,3-5,13-14H2,1-2H3. The molecular formula is C21H25N5. The molecule has 0 aliphatic heterocycles. The zero-order valence-corrected chi connectivity index (χ0v) is 15.4. The second-order valence-corrected chi connectivity index (χ2v) is 7.39. The Bertz CT molecular complexity index is 875. The average Bonchev–Trinajstić information content (AvgIpc) is 3.14. The van der Waals surface area contributed by atoms with Gasteiger partial charge in [0.05, 0.1) is 11.2 Å². The van der Waals surface area contributed by atoms with E-state index in [2.05, 4.69) is 83.2 Å². The summed E-state index contributed by atoms with van der Waals surface area (Å²) in [5.74, 6) is 0.905. The Labute approximate surface area is 154 Å². The van der Waals surface area contributed by atoms with Crippen LogP contribution in [0.15, 0.2) is 48.5 Å². The van der Waals surface area contributed by atoms with Gasteiger partial charge in [-0.25, -0.2) is 0 Å². The number of hydrogen-bond donors (Lipinski definition) is 1. The summed E-state index contributed by atoms with van der Waals surface area (Å²) < 4.78 is 1.90. The maximum atomic E-state index is 4.47. The molecule has 0 atom stereocenters. The lowest BCUT2D eigenvalue weighted by molar-refractivity contribution is 0.309. The Balaban J connectivity index is 1.76. The van der Waals surface area contributed by atoms with Gasteiger partial charge in [0, 0.05) is 5.69 Å². The fourth-order valence-corrected chi connectivity index (χ4v) is 3.90. The molecule has 1 heterocycles. The van der Waals surface area contributed by atoms with Crippen LogP contribution in [0.5, 0.6) is 0 Å². The Morgan fingerprint density at radius 3 is 2.42 bits per heavy atom. The summed E-state index contributed by atoms with van der Waals surface area (Å²) >= 11 is 0. The fraction of sp³-hybridized carbons (Fsp3) is 0.381. The molecule has 0 unspecified atom stereocenters. The van der Waals surface area contributed by atoms with Gasteiger partial charge in [-0.3, -0.25) is 0 Å². The lowest BCUT2D eigenvalue weighted by Gasteiger charge is -2.37. The first-order valence-electron chi connectivity index (χ1n) is 9.37. The number of tetrazole rings is 1. The van der Waals surface area contributed by atoms with Gasteiger partial charge in [-0.05, 0) is 66.9 Å². The van der Waals surface area contributed by atoms with Crippen LogP contribution >= 0.6 is 0 Å². The van der Waals surface area contributed by atoms with Gasteiger partial charge in [-0.2, -0.15) is 4.68 Å². The van der Waals surface area contributed by atoms with Crippen LogP contribution in [-0.2, 0) is 5.54 Å². The van der Waals surface area contributed by atoms with Crippen molar-refractivity contribution >= 4 is 5.69 Å². The van der Waals surface area contributed by atoms with Crippen LogP contribution < -0.4 is 5.32 Å². The van der Waals surface area contributed by atoms with E-state index >= 15 is 0 Å². The first-order chi connectivity index (χ1) is 12.7. The van der Waals surface area contributed by atoms with Crippen LogP contribution in [0.25, 0.3) is 5.69 Å². The molecule has 5 heteroatoms. The topological polar surface area (TPSA) is 55.6 Å². The quantitative estimate of drug-likeness (QED) is 0.752. The van der Waals surface area contributed by atoms with Crippen LogP contribution in [0, 0.1) is 13.8 Å². The molecular weight excluding hydrogens is 322 g/mol. The Kier molecular flexibility index (Phi) is 4.45. The predicted molar refractivity (Wildman–Crippen MR) is 103 cm³/mol. The number of aromatic nitrogens is 4. The molecule has 4 rings (SSSR count). The molecule has 0 radical (unpaired) electrons. The highest BCUT2D eigenvalue weighted by Crippen LogP contribution is 2.39. The molecule has 1 saturated carbocycles. The molecule has 1 fully saturated rings. The zero-order chi connectivity index (χ0) is 18.0. The van der Waals surface area contributed by atoms with Gasteiger partial charge in [-0.1, -0.05) is 49.1 Å². The molecule has 134 valence electrons. The maximum absolute atomic E-state index is 4.47. The molecule has 1 N–H and O–H groups in total. The Hall–Kier alpha value is -2.69. The van der Waals surface area contributed by atoms with E-state index in [0.29, 0.717) is 0 Å². The summed E-state index contributed by atoms with van der Waals surface area (Å²) in [5, 5.41) is 16.6. The van der Waals surface area contributed by atoms with E-state index in [1.807, 2.05) is 4.68 Å². The number of benzene rings is 2. The SMILES string of the molecule is Cc1ccc(-n2nnnc2C2(Nc3cccc(C)c3)CCCCC2)cc1. The van der Waals surface area contributed by atoms with Gasteiger partial charge < -0.3 is 5.32 Å². The molecule has 2 aromatic carbocycles. The number of nitrogens with zero attached hydrogens (tertiary/aromatic N) is 4. The molecule has 0 amide bonds. The highest BCUT2D eigenvalue weighted by Gasteiger charge is 2.39. The normalized spacial score (nSPS) is 16.4. The molecule has 3 aromatic rings. The summed E-state index contributed by atoms with van der Waals surface area (Å²) in [6.07, 6.45) is 5.70. The number of aryl methyl sites for hydroxylation is 2. The van der Waals surface area contributed by atoms with Gasteiger partial charge in [0.2, 0.25) is 0 Å². The van der Waals surface area contributed by atoms with E-state index in [4.69, 9.17) is 0 Å². The minimum Gasteiger partial charge on any atom is -0.373 e. The fourth-order valence-electron chi connectivity index (χ4n) is 3.90. The van der Waals surface area contributed by atoms with Crippen molar-refractivity contribution in [3.05, 3.63) is 65.5 Å². The summed E-state index contributed by atoms with van der Waals surface area (Å²) in [6, 6.07) is 16.9. The molecule has 1 aliphatic rings. The van der Waals surface area contributed by atoms with Crippen molar-refractivity contribution in [1.29, 1.82) is 0 Å². The largest absolute Gasteiger partial charge is 0.373 e. The van der Waals surface area contributed by atoms with E-state index in [0.717, 1.165) is 30.0 Å². The number of rotatable bonds is 4. The van der Waals surface area contributed by atoms with E-state index < -0.39 is 0 Å². The number of hydrogen-bond acceptors (Lipinski definition) is 4. The molecule has 1 aromatic heterocycles. The van der Waals surface area contributed by atoms with Crippen molar-refractivity contribution < 1.29 is 0 Å². The second kappa shape index (κ2) is 6.90. The second-order valence-electron chi connectivity index (χ2n) is 7.39. The van der Waals surface area contributed by atoms with Crippen molar-refractivity contribution in [2.75, 3.05) is 5.32 Å². The zero-order valence-electron chi connectivity index (χ0n) is 15.4. The summed E-state index contributed by atoms with van der Waals surface area (Å²) in [5.41, 5.74) is 4.38. The molecule has 1 aliphatic carbocycles. The third kappa shape index (κ3) is 3.21. The number of anilines is 1. The van der Waals surface area contributed by atoms with Crippen molar-refractivity contribution in [1.82, 2.24) is 20.2 Å². The number of nitrogens with one attached hydrogen (secondary N) is 1. The van der Waals surface area contributed by atoms with Crippen molar-refractivity contribution in [2.24, 2.45) is 0 Å². The van der Waals surface area contributed by atoms with Crippen LogP contribution in [0.2, 0.25) is 0 Å². The summed E-state index contributed by atoms with van der Waals surface area (Å²) in [6.45, 7) is 4.21. The minimum absolute atomic E-state index is 0.236. The van der Waals surface area contributed by atoms with Gasteiger partial charge >= 0.3 is 0 Å². The minimum atomic E-state index is -0.236. The van der Waals surface area contributed by atoms with Crippen LogP contribution in [0.1, 0.15) is 49.1 Å². The maximum Gasteiger partial charge on any atom is 0.181 e. The Morgan fingerprint density at radius 1 is 0.923 bits per heavy atom. The lowest BCUT2D eigenvalue weighted by Crippen LogP contribution is -2.40. The predicted octanol–water partition coefficient (Wildman–Crippen LogP) is 4.55. The third-order valence-electron chi connectivity index (χ3n) is 5.28. The average molecular weight is 347 g/mol. The van der Waals surface area contributed by atoms with Crippen molar-refractivity contribution in [3.63, 3.8) is 0 Å². The first-order valence-corrected chi connectivity index (χ1v) is 9.37. The van der Waals surface area contributed by atoms with Crippen molar-refractivity contribution in [2.45, 2.75) is 51.5 Å². The van der Waals surface area contributed by atoms with Crippen LogP contribution in [-0.4, -0.2) is 20.2 Å². The van der Waals surface area contributed by atoms with Gasteiger partial charge in [-0.15, -0.1) is 5.10 Å². The lowest BCUT2D eigenvalue weighted by atomic mass is 9.80. The highest BCUT2D eigenvalue weighted by molar-refractivity contribution is 5.49. The Morgan fingerprint density at radius 2 is 1.69 bits per heavy atom. The van der Waals surface area contributed by atoms with E-state index in [9.17, 15) is 0 Å². The molecule has 0 saturated heterocycles. The molecule has 0 spiro atoms. The smallest absolute Gasteiger partial charge is 0.181 e. The van der Waals surface area contributed by atoms with E-state index in [1.165, 1.54) is 30.4 Å². The van der Waals surface area contributed by atoms with Gasteiger partial charge in [0.15, 0.2) is 5.82 Å². The highest BCUT2D eigenvalue weighted by atomic mass is 15.6. The molecule has 0 bridgehead atoms. The summed E-state index contributed by atoms with van der Waals surface area (Å²) in [7, 11) is 0.